The second-order valence-corrected chi connectivity index (χ2v) is 5.35. The number of fused-ring (bicyclic) bond motifs is 1. The smallest absolute Gasteiger partial charge is 0.289 e. The summed E-state index contributed by atoms with van der Waals surface area (Å²) in [5, 5.41) is 14.6. The van der Waals surface area contributed by atoms with Crippen molar-refractivity contribution in [2.24, 2.45) is 0 Å². The molecule has 0 aliphatic heterocycles. The van der Waals surface area contributed by atoms with Crippen LogP contribution in [0.4, 0.5) is 0 Å². The molecule has 0 fully saturated rings. The van der Waals surface area contributed by atoms with E-state index in [2.05, 4.69) is 20.6 Å². The first-order valence-electron chi connectivity index (χ1n) is 7.15. The zero-order chi connectivity index (χ0) is 16.4. The van der Waals surface area contributed by atoms with Crippen LogP contribution >= 0.6 is 0 Å². The first-order valence-corrected chi connectivity index (χ1v) is 7.15. The Morgan fingerprint density at radius 2 is 2.30 bits per heavy atom. The van der Waals surface area contributed by atoms with Crippen LogP contribution < -0.4 is 4.74 Å². The predicted octanol–water partition coefficient (Wildman–Crippen LogP) is 1.83. The van der Waals surface area contributed by atoms with E-state index in [1.807, 2.05) is 19.1 Å². The quantitative estimate of drug-likeness (QED) is 0.771. The molecule has 0 saturated heterocycles. The van der Waals surface area contributed by atoms with Crippen molar-refractivity contribution >= 4 is 16.9 Å². The molecular weight excluding hydrogens is 298 g/mol. The maximum atomic E-state index is 12.5. The Kier molecular flexibility index (Phi) is 3.96. The van der Waals surface area contributed by atoms with Crippen molar-refractivity contribution in [3.63, 3.8) is 0 Å². The van der Waals surface area contributed by atoms with Gasteiger partial charge in [0.25, 0.3) is 5.91 Å². The van der Waals surface area contributed by atoms with Crippen molar-refractivity contribution < 1.29 is 13.9 Å². The number of hydrogen-bond acceptors (Lipinski definition) is 6. The summed E-state index contributed by atoms with van der Waals surface area (Å²) in [5.41, 5.74) is 0.568. The second kappa shape index (κ2) is 6.07. The number of likely N-dealkylation sites (N-methyl/N-ethyl adjacent to an activating group) is 1. The molecule has 0 radical (unpaired) electrons. The molecule has 8 heteroatoms. The number of nitrogens with zero attached hydrogens (tertiary/aromatic N) is 4. The molecule has 0 bridgehead atoms. The molecule has 3 aromatic rings. The fourth-order valence-electron chi connectivity index (χ4n) is 2.44. The minimum Gasteiger partial charge on any atom is -0.493 e. The molecule has 3 rings (SSSR count). The molecule has 0 saturated carbocycles. The molecule has 23 heavy (non-hydrogen) atoms. The van der Waals surface area contributed by atoms with E-state index in [1.165, 1.54) is 0 Å². The van der Waals surface area contributed by atoms with Gasteiger partial charge in [-0.2, -0.15) is 5.21 Å². The Morgan fingerprint density at radius 3 is 3.00 bits per heavy atom. The molecule has 0 aliphatic rings. The van der Waals surface area contributed by atoms with Crippen LogP contribution in [0.5, 0.6) is 5.75 Å². The number of hydrogen-bond donors (Lipinski definition) is 1. The number of amides is 1. The maximum Gasteiger partial charge on any atom is 0.289 e. The molecule has 120 valence electrons. The van der Waals surface area contributed by atoms with Crippen molar-refractivity contribution in [1.82, 2.24) is 25.5 Å². The molecule has 1 atom stereocenters. The normalized spacial score (nSPS) is 12.3. The van der Waals surface area contributed by atoms with Gasteiger partial charge in [0.05, 0.1) is 7.11 Å². The van der Waals surface area contributed by atoms with Gasteiger partial charge in [-0.3, -0.25) is 4.79 Å². The summed E-state index contributed by atoms with van der Waals surface area (Å²) in [6.07, 6.45) is 0. The lowest BCUT2D eigenvalue weighted by molar-refractivity contribution is 0.0758. The van der Waals surface area contributed by atoms with Crippen molar-refractivity contribution in [1.29, 1.82) is 0 Å². The lowest BCUT2D eigenvalue weighted by Gasteiger charge is -2.18. The van der Waals surface area contributed by atoms with Crippen molar-refractivity contribution in [2.45, 2.75) is 12.8 Å². The molecule has 1 N–H and O–H groups in total. The average molecular weight is 315 g/mol. The number of furan rings is 1. The number of aromatic nitrogens is 4. The van der Waals surface area contributed by atoms with Gasteiger partial charge in [-0.15, -0.1) is 10.2 Å². The summed E-state index contributed by atoms with van der Waals surface area (Å²) in [6, 6.07) is 7.24. The second-order valence-electron chi connectivity index (χ2n) is 5.35. The van der Waals surface area contributed by atoms with Crippen LogP contribution in [0.3, 0.4) is 0 Å². The molecule has 8 nitrogen and oxygen atoms in total. The monoisotopic (exact) mass is 315 g/mol. The van der Waals surface area contributed by atoms with Gasteiger partial charge in [0, 0.05) is 24.9 Å². The fourth-order valence-corrected chi connectivity index (χ4v) is 2.44. The van der Waals surface area contributed by atoms with Crippen LogP contribution in [0.1, 0.15) is 29.2 Å². The first-order chi connectivity index (χ1) is 11.1. The summed E-state index contributed by atoms with van der Waals surface area (Å²) in [7, 11) is 3.28. The number of carbonyl (C=O) groups is 1. The third-order valence-corrected chi connectivity index (χ3v) is 3.64. The van der Waals surface area contributed by atoms with Gasteiger partial charge in [0.2, 0.25) is 0 Å². The van der Waals surface area contributed by atoms with Crippen molar-refractivity contribution in [2.75, 3.05) is 20.7 Å². The number of ether oxygens (including phenoxy) is 1. The van der Waals surface area contributed by atoms with E-state index in [0.29, 0.717) is 23.7 Å². The van der Waals surface area contributed by atoms with Crippen LogP contribution in [0.2, 0.25) is 0 Å². The molecule has 1 amide bonds. The van der Waals surface area contributed by atoms with Gasteiger partial charge in [-0.05, 0) is 12.1 Å². The summed E-state index contributed by atoms with van der Waals surface area (Å²) in [5.74, 6) is 1.19. The van der Waals surface area contributed by atoms with E-state index < -0.39 is 0 Å². The van der Waals surface area contributed by atoms with E-state index >= 15 is 0 Å². The number of methoxy groups -OCH3 is 1. The number of rotatable bonds is 5. The van der Waals surface area contributed by atoms with Crippen LogP contribution in [0.25, 0.3) is 11.0 Å². The summed E-state index contributed by atoms with van der Waals surface area (Å²) in [6.45, 7) is 2.38. The van der Waals surface area contributed by atoms with E-state index in [-0.39, 0.29) is 17.6 Å². The highest BCUT2D eigenvalue weighted by atomic mass is 16.5. The summed E-state index contributed by atoms with van der Waals surface area (Å²) in [4.78, 5) is 14.1. The third-order valence-electron chi connectivity index (χ3n) is 3.64. The Balaban J connectivity index is 1.79. The molecule has 0 aliphatic carbocycles. The van der Waals surface area contributed by atoms with Crippen LogP contribution in [0.15, 0.2) is 28.7 Å². The number of H-pyrrole nitrogens is 1. The molecule has 1 aromatic carbocycles. The number of benzene rings is 1. The van der Waals surface area contributed by atoms with Gasteiger partial charge in [-0.1, -0.05) is 24.3 Å². The molecule has 2 heterocycles. The lowest BCUT2D eigenvalue weighted by atomic mass is 10.1. The van der Waals surface area contributed by atoms with Gasteiger partial charge >= 0.3 is 0 Å². The van der Waals surface area contributed by atoms with Gasteiger partial charge in [-0.25, -0.2) is 0 Å². The molecular formula is C15H17N5O3. The fraction of sp³-hybridized carbons (Fsp3) is 0.333. The standard InChI is InChI=1S/C15H17N5O3/c1-9(14-16-18-19-17-14)8-20(2)15(21)12-7-10-5-4-6-11(22-3)13(10)23-12/h4-7,9H,8H2,1-3H3,(H,16,17,18,19). The lowest BCUT2D eigenvalue weighted by Crippen LogP contribution is -2.30. The van der Waals surface area contributed by atoms with Gasteiger partial charge in [0.1, 0.15) is 0 Å². The molecule has 1 unspecified atom stereocenters. The number of nitrogens with one attached hydrogen (secondary N) is 1. The minimum absolute atomic E-state index is 0.0402. The maximum absolute atomic E-state index is 12.5. The first kappa shape index (κ1) is 15.0. The number of carbonyl (C=O) groups excluding carboxylic acids is 1. The highest BCUT2D eigenvalue weighted by Crippen LogP contribution is 2.29. The van der Waals surface area contributed by atoms with Crippen LogP contribution in [-0.2, 0) is 0 Å². The zero-order valence-corrected chi connectivity index (χ0v) is 13.1. The largest absolute Gasteiger partial charge is 0.493 e. The number of tetrazole rings is 1. The Hall–Kier alpha value is -2.90. The van der Waals surface area contributed by atoms with Gasteiger partial charge < -0.3 is 14.1 Å². The highest BCUT2D eigenvalue weighted by molar-refractivity contribution is 5.97. The number of para-hydroxylation sites is 1. The van der Waals surface area contributed by atoms with E-state index in [0.717, 1.165) is 5.39 Å². The van der Waals surface area contributed by atoms with Crippen LogP contribution in [0, 0.1) is 0 Å². The van der Waals surface area contributed by atoms with E-state index in [1.54, 1.807) is 31.2 Å². The number of aromatic amines is 1. The minimum atomic E-state index is -0.210. The third kappa shape index (κ3) is 2.87. The molecule has 0 spiro atoms. The Morgan fingerprint density at radius 1 is 1.48 bits per heavy atom. The van der Waals surface area contributed by atoms with Crippen molar-refractivity contribution in [3.05, 3.63) is 35.9 Å². The summed E-state index contributed by atoms with van der Waals surface area (Å²) < 4.78 is 10.9. The van der Waals surface area contributed by atoms with E-state index in [4.69, 9.17) is 9.15 Å². The predicted molar refractivity (Wildman–Crippen MR) is 82.3 cm³/mol. The average Bonchev–Trinajstić information content (AvgIpc) is 3.22. The van der Waals surface area contributed by atoms with E-state index in [9.17, 15) is 4.79 Å². The topological polar surface area (TPSA) is 97.1 Å². The highest BCUT2D eigenvalue weighted by Gasteiger charge is 2.21. The van der Waals surface area contributed by atoms with Crippen LogP contribution in [-0.4, -0.2) is 52.1 Å². The van der Waals surface area contributed by atoms with Crippen molar-refractivity contribution in [3.8, 4) is 5.75 Å². The zero-order valence-electron chi connectivity index (χ0n) is 13.1. The Labute approximate surface area is 132 Å². The SMILES string of the molecule is COc1cccc2cc(C(=O)N(C)CC(C)c3nn[nH]n3)oc12. The van der Waals surface area contributed by atoms with Gasteiger partial charge in [0.15, 0.2) is 22.9 Å². The molecule has 2 aromatic heterocycles. The summed E-state index contributed by atoms with van der Waals surface area (Å²) >= 11 is 0. The Bertz CT molecular complexity index is 812.